The van der Waals surface area contributed by atoms with Crippen LogP contribution in [-0.2, 0) is 15.6 Å². The number of nitrogens with zero attached hydrogens (tertiary/aromatic N) is 3. The SMILES string of the molecule is CSc1ccc(CS(=O)(=O)c2ccc(Cl)c(-c3nn[nH]n3)c2)cc1. The minimum atomic E-state index is -3.51. The molecule has 1 aromatic heterocycles. The second-order valence-corrected chi connectivity index (χ2v) is 8.26. The minimum Gasteiger partial charge on any atom is -0.223 e. The third-order valence-electron chi connectivity index (χ3n) is 3.40. The first-order valence-corrected chi connectivity index (χ1v) is 10.1. The van der Waals surface area contributed by atoms with E-state index in [0.717, 1.165) is 10.5 Å². The number of H-pyrrole nitrogens is 1. The molecule has 6 nitrogen and oxygen atoms in total. The smallest absolute Gasteiger partial charge is 0.206 e. The zero-order valence-electron chi connectivity index (χ0n) is 12.6. The summed E-state index contributed by atoms with van der Waals surface area (Å²) >= 11 is 7.72. The molecule has 0 saturated heterocycles. The largest absolute Gasteiger partial charge is 0.223 e. The van der Waals surface area contributed by atoms with Crippen molar-refractivity contribution in [1.82, 2.24) is 20.6 Å². The minimum absolute atomic E-state index is 0.0883. The average Bonchev–Trinajstić information content (AvgIpc) is 3.10. The molecule has 9 heteroatoms. The maximum Gasteiger partial charge on any atom is 0.206 e. The van der Waals surface area contributed by atoms with Gasteiger partial charge in [0.1, 0.15) is 0 Å². The van der Waals surface area contributed by atoms with Crippen molar-refractivity contribution in [2.24, 2.45) is 0 Å². The number of aromatic nitrogens is 4. The molecular formula is C15H13ClN4O2S2. The lowest BCUT2D eigenvalue weighted by atomic mass is 10.2. The van der Waals surface area contributed by atoms with Crippen LogP contribution in [0.15, 0.2) is 52.3 Å². The molecule has 124 valence electrons. The lowest BCUT2D eigenvalue weighted by Crippen LogP contribution is -2.05. The Hall–Kier alpha value is -1.90. The molecule has 3 aromatic rings. The van der Waals surface area contributed by atoms with Crippen molar-refractivity contribution in [1.29, 1.82) is 0 Å². The Morgan fingerprint density at radius 1 is 1.17 bits per heavy atom. The molecule has 0 aliphatic heterocycles. The van der Waals surface area contributed by atoms with Crippen molar-refractivity contribution in [3.05, 3.63) is 53.1 Å². The molecule has 0 saturated carbocycles. The molecule has 24 heavy (non-hydrogen) atoms. The van der Waals surface area contributed by atoms with Gasteiger partial charge in [0.25, 0.3) is 0 Å². The summed E-state index contributed by atoms with van der Waals surface area (Å²) in [4.78, 5) is 1.25. The molecule has 0 amide bonds. The Bertz CT molecular complexity index is 942. The molecule has 0 radical (unpaired) electrons. The monoisotopic (exact) mass is 380 g/mol. The van der Waals surface area contributed by atoms with Crippen LogP contribution in [0.25, 0.3) is 11.4 Å². The van der Waals surface area contributed by atoms with Crippen LogP contribution in [0.2, 0.25) is 5.02 Å². The molecule has 1 heterocycles. The van der Waals surface area contributed by atoms with Crippen molar-refractivity contribution >= 4 is 33.2 Å². The van der Waals surface area contributed by atoms with Gasteiger partial charge in [0.05, 0.1) is 15.7 Å². The Labute approximate surface area is 148 Å². The second kappa shape index (κ2) is 6.92. The molecule has 0 unspecified atom stereocenters. The summed E-state index contributed by atoms with van der Waals surface area (Å²) in [5.74, 6) is 0.163. The molecule has 0 aliphatic carbocycles. The Kier molecular flexibility index (Phi) is 4.88. The normalized spacial score (nSPS) is 11.6. The fourth-order valence-electron chi connectivity index (χ4n) is 2.17. The number of tetrazole rings is 1. The summed E-state index contributed by atoms with van der Waals surface area (Å²) < 4.78 is 25.4. The van der Waals surface area contributed by atoms with Crippen LogP contribution in [0.1, 0.15) is 5.56 Å². The van der Waals surface area contributed by atoms with Crippen LogP contribution in [0.5, 0.6) is 0 Å². The number of thioether (sulfide) groups is 1. The van der Waals surface area contributed by atoms with Gasteiger partial charge in [0, 0.05) is 10.5 Å². The second-order valence-electron chi connectivity index (χ2n) is 4.98. The number of rotatable bonds is 5. The fourth-order valence-corrected chi connectivity index (χ4v) is 4.15. The number of sulfone groups is 1. The zero-order chi connectivity index (χ0) is 17.2. The van der Waals surface area contributed by atoms with Crippen LogP contribution in [0.3, 0.4) is 0 Å². The fraction of sp³-hybridized carbons (Fsp3) is 0.133. The average molecular weight is 381 g/mol. The van der Waals surface area contributed by atoms with Gasteiger partial charge in [-0.1, -0.05) is 23.7 Å². The molecule has 1 N–H and O–H groups in total. The Morgan fingerprint density at radius 2 is 1.92 bits per heavy atom. The van der Waals surface area contributed by atoms with E-state index in [2.05, 4.69) is 20.6 Å². The van der Waals surface area contributed by atoms with Gasteiger partial charge in [-0.25, -0.2) is 8.42 Å². The summed E-state index contributed by atoms with van der Waals surface area (Å²) in [6.45, 7) is 0. The summed E-state index contributed by atoms with van der Waals surface area (Å²) in [5, 5.41) is 13.8. The van der Waals surface area contributed by atoms with Crippen LogP contribution in [0, 0.1) is 0 Å². The van der Waals surface area contributed by atoms with Gasteiger partial charge in [0.2, 0.25) is 5.82 Å². The standard InChI is InChI=1S/C15H13ClN4O2S2/c1-23-11-4-2-10(3-5-11)9-24(21,22)12-6-7-14(16)13(8-12)15-17-19-20-18-15/h2-8H,9H2,1H3,(H,17,18,19,20). The van der Waals surface area contributed by atoms with Crippen molar-refractivity contribution < 1.29 is 8.42 Å². The quantitative estimate of drug-likeness (QED) is 0.683. The summed E-state index contributed by atoms with van der Waals surface area (Å²) in [6, 6.07) is 11.9. The summed E-state index contributed by atoms with van der Waals surface area (Å²) in [5.41, 5.74) is 1.15. The number of hydrogen-bond donors (Lipinski definition) is 1. The topological polar surface area (TPSA) is 88.6 Å². The highest BCUT2D eigenvalue weighted by Crippen LogP contribution is 2.29. The first kappa shape index (κ1) is 16.9. The van der Waals surface area contributed by atoms with Crippen molar-refractivity contribution in [2.45, 2.75) is 15.5 Å². The van der Waals surface area contributed by atoms with E-state index in [1.165, 1.54) is 18.2 Å². The van der Waals surface area contributed by atoms with E-state index in [-0.39, 0.29) is 16.5 Å². The van der Waals surface area contributed by atoms with Gasteiger partial charge in [-0.05, 0) is 47.4 Å². The molecule has 0 spiro atoms. The maximum absolute atomic E-state index is 12.7. The van der Waals surface area contributed by atoms with E-state index in [4.69, 9.17) is 11.6 Å². The lowest BCUT2D eigenvalue weighted by Gasteiger charge is -2.08. The highest BCUT2D eigenvalue weighted by Gasteiger charge is 2.19. The Balaban J connectivity index is 1.93. The summed E-state index contributed by atoms with van der Waals surface area (Å²) in [6.07, 6.45) is 1.97. The van der Waals surface area contributed by atoms with Crippen LogP contribution in [-0.4, -0.2) is 35.3 Å². The molecule has 0 fully saturated rings. The Morgan fingerprint density at radius 3 is 2.54 bits per heavy atom. The maximum atomic E-state index is 12.7. The van der Waals surface area contributed by atoms with Crippen LogP contribution < -0.4 is 0 Å². The lowest BCUT2D eigenvalue weighted by molar-refractivity contribution is 0.595. The number of hydrogen-bond acceptors (Lipinski definition) is 6. The predicted molar refractivity (Wildman–Crippen MR) is 93.7 cm³/mol. The first-order chi connectivity index (χ1) is 11.5. The molecule has 2 aromatic carbocycles. The molecule has 0 bridgehead atoms. The van der Waals surface area contributed by atoms with Gasteiger partial charge in [0.15, 0.2) is 9.84 Å². The van der Waals surface area contributed by atoms with Crippen molar-refractivity contribution in [2.75, 3.05) is 6.26 Å². The number of aromatic amines is 1. The van der Waals surface area contributed by atoms with Crippen molar-refractivity contribution in [3.8, 4) is 11.4 Å². The third-order valence-corrected chi connectivity index (χ3v) is 6.16. The number of nitrogens with one attached hydrogen (secondary N) is 1. The molecule has 0 aliphatic rings. The number of halogens is 1. The van der Waals surface area contributed by atoms with Gasteiger partial charge in [-0.15, -0.1) is 22.0 Å². The highest BCUT2D eigenvalue weighted by atomic mass is 35.5. The summed E-state index contributed by atoms with van der Waals surface area (Å²) in [7, 11) is -3.51. The van der Waals surface area contributed by atoms with E-state index in [0.29, 0.717) is 10.6 Å². The molecular weight excluding hydrogens is 368 g/mol. The first-order valence-electron chi connectivity index (χ1n) is 6.88. The van der Waals surface area contributed by atoms with Crippen LogP contribution >= 0.6 is 23.4 Å². The predicted octanol–water partition coefficient (Wildman–Crippen LogP) is 3.22. The van der Waals surface area contributed by atoms with E-state index in [9.17, 15) is 8.42 Å². The van der Waals surface area contributed by atoms with Gasteiger partial charge in [-0.3, -0.25) is 0 Å². The van der Waals surface area contributed by atoms with E-state index < -0.39 is 9.84 Å². The van der Waals surface area contributed by atoms with Gasteiger partial charge < -0.3 is 0 Å². The third kappa shape index (κ3) is 3.61. The van der Waals surface area contributed by atoms with Crippen LogP contribution in [0.4, 0.5) is 0 Å². The number of benzene rings is 2. The highest BCUT2D eigenvalue weighted by molar-refractivity contribution is 7.98. The molecule has 0 atom stereocenters. The van der Waals surface area contributed by atoms with Gasteiger partial charge in [-0.2, -0.15) is 5.21 Å². The van der Waals surface area contributed by atoms with Gasteiger partial charge >= 0.3 is 0 Å². The zero-order valence-corrected chi connectivity index (χ0v) is 15.0. The molecule has 3 rings (SSSR count). The van der Waals surface area contributed by atoms with E-state index in [1.807, 2.05) is 30.5 Å². The van der Waals surface area contributed by atoms with E-state index in [1.54, 1.807) is 11.8 Å². The van der Waals surface area contributed by atoms with Crippen molar-refractivity contribution in [3.63, 3.8) is 0 Å². The van der Waals surface area contributed by atoms with E-state index >= 15 is 0 Å².